The lowest BCUT2D eigenvalue weighted by molar-refractivity contribution is -0.0750. The fourth-order valence-corrected chi connectivity index (χ4v) is 2.82. The summed E-state index contributed by atoms with van der Waals surface area (Å²) >= 11 is 0. The van der Waals surface area contributed by atoms with Gasteiger partial charge in [0.15, 0.2) is 0 Å². The van der Waals surface area contributed by atoms with Crippen LogP contribution in [0.1, 0.15) is 60.8 Å². The highest BCUT2D eigenvalue weighted by Gasteiger charge is 2.51. The Hall–Kier alpha value is -1.46. The summed E-state index contributed by atoms with van der Waals surface area (Å²) in [6.07, 6.45) is 1.67. The first-order valence-corrected chi connectivity index (χ1v) is 7.52. The Kier molecular flexibility index (Phi) is 3.84. The summed E-state index contributed by atoms with van der Waals surface area (Å²) < 4.78 is 10.8. The van der Waals surface area contributed by atoms with Gasteiger partial charge in [-0.05, 0) is 60.8 Å². The van der Waals surface area contributed by atoms with Crippen molar-refractivity contribution in [2.45, 2.75) is 84.1 Å². The molecule has 2 aliphatic rings. The number of nitrogens with zero attached hydrogens (tertiary/aromatic N) is 2. The molecule has 0 radical (unpaired) electrons. The molecule has 0 N–H and O–H groups in total. The Morgan fingerprint density at radius 1 is 0.810 bits per heavy atom. The number of hydrogen-bond donors (Lipinski definition) is 0. The van der Waals surface area contributed by atoms with Crippen LogP contribution >= 0.6 is 0 Å². The summed E-state index contributed by atoms with van der Waals surface area (Å²) in [6, 6.07) is 0.0785. The Labute approximate surface area is 126 Å². The smallest absolute Gasteiger partial charge is 0.429 e. The molecule has 2 bridgehead atoms. The Bertz CT molecular complexity index is 396. The van der Waals surface area contributed by atoms with Gasteiger partial charge >= 0.3 is 12.2 Å². The van der Waals surface area contributed by atoms with Gasteiger partial charge in [0.25, 0.3) is 0 Å². The van der Waals surface area contributed by atoms with E-state index < -0.39 is 23.4 Å². The molecule has 0 aromatic heterocycles. The first kappa shape index (κ1) is 15.9. The summed E-state index contributed by atoms with van der Waals surface area (Å²) in [5.74, 6) is 0. The summed E-state index contributed by atoms with van der Waals surface area (Å²) in [5, 5.41) is 2.90. The SMILES string of the molecule is CC(C)(C)OC(=O)N1[C@@H]2CC[C@H](C2)N1C(=O)OC(C)(C)C. The van der Waals surface area contributed by atoms with Crippen LogP contribution in [0.25, 0.3) is 0 Å². The quantitative estimate of drug-likeness (QED) is 0.688. The third-order valence-corrected chi connectivity index (χ3v) is 3.46. The average Bonchev–Trinajstić information content (AvgIpc) is 2.82. The van der Waals surface area contributed by atoms with Crippen molar-refractivity contribution >= 4 is 12.2 Å². The van der Waals surface area contributed by atoms with E-state index in [0.29, 0.717) is 0 Å². The molecule has 1 aliphatic heterocycles. The number of amides is 2. The minimum absolute atomic E-state index is 0.0392. The predicted octanol–water partition coefficient (Wildman–Crippen LogP) is 3.31. The third kappa shape index (κ3) is 3.60. The number of hydrazine groups is 1. The van der Waals surface area contributed by atoms with Gasteiger partial charge in [0.1, 0.15) is 11.2 Å². The van der Waals surface area contributed by atoms with E-state index in [1.165, 1.54) is 10.0 Å². The van der Waals surface area contributed by atoms with Gasteiger partial charge in [-0.25, -0.2) is 19.6 Å². The van der Waals surface area contributed by atoms with Crippen LogP contribution in [0.15, 0.2) is 0 Å². The summed E-state index contributed by atoms with van der Waals surface area (Å²) in [4.78, 5) is 24.8. The van der Waals surface area contributed by atoms with Gasteiger partial charge < -0.3 is 9.47 Å². The number of ether oxygens (including phenoxy) is 2. The number of hydrogen-bond acceptors (Lipinski definition) is 4. The summed E-state index contributed by atoms with van der Waals surface area (Å²) in [7, 11) is 0. The third-order valence-electron chi connectivity index (χ3n) is 3.46. The summed E-state index contributed by atoms with van der Waals surface area (Å²) in [5.41, 5.74) is -1.17. The molecule has 120 valence electrons. The van der Waals surface area contributed by atoms with Gasteiger partial charge in [-0.2, -0.15) is 0 Å². The maximum Gasteiger partial charge on any atom is 0.429 e. The van der Waals surface area contributed by atoms with Gasteiger partial charge in [-0.3, -0.25) is 0 Å². The van der Waals surface area contributed by atoms with Crippen LogP contribution in [-0.4, -0.2) is 45.5 Å². The predicted molar refractivity (Wildman–Crippen MR) is 77.6 cm³/mol. The maximum absolute atomic E-state index is 12.4. The molecule has 1 heterocycles. The van der Waals surface area contributed by atoms with Crippen molar-refractivity contribution < 1.29 is 19.1 Å². The van der Waals surface area contributed by atoms with Gasteiger partial charge in [0.05, 0.1) is 12.1 Å². The van der Waals surface area contributed by atoms with Crippen LogP contribution in [0.4, 0.5) is 9.59 Å². The molecular weight excluding hydrogens is 272 g/mol. The van der Waals surface area contributed by atoms with Gasteiger partial charge in [-0.1, -0.05) is 0 Å². The Balaban J connectivity index is 2.14. The second-order valence-corrected chi connectivity index (χ2v) is 7.77. The lowest BCUT2D eigenvalue weighted by atomic mass is 10.2. The van der Waals surface area contributed by atoms with E-state index >= 15 is 0 Å². The van der Waals surface area contributed by atoms with E-state index in [0.717, 1.165) is 19.3 Å². The molecule has 0 unspecified atom stereocenters. The van der Waals surface area contributed by atoms with E-state index in [2.05, 4.69) is 0 Å². The molecule has 2 fully saturated rings. The van der Waals surface area contributed by atoms with Crippen LogP contribution in [0.3, 0.4) is 0 Å². The number of carbonyl (C=O) groups excluding carboxylic acids is 2. The molecule has 1 saturated carbocycles. The zero-order valence-electron chi connectivity index (χ0n) is 13.8. The van der Waals surface area contributed by atoms with E-state index in [4.69, 9.17) is 9.47 Å². The fourth-order valence-electron chi connectivity index (χ4n) is 2.82. The molecule has 6 heteroatoms. The number of carbonyl (C=O) groups is 2. The second-order valence-electron chi connectivity index (χ2n) is 7.77. The Morgan fingerprint density at radius 3 is 1.43 bits per heavy atom. The standard InChI is InChI=1S/C15H26N2O4/c1-14(2,3)20-12(18)16-10-7-8-11(9-10)17(16)13(19)21-15(4,5)6/h10-11H,7-9H2,1-6H3/t10-,11-/m1/s1. The molecule has 2 rings (SSSR count). The van der Waals surface area contributed by atoms with Crippen molar-refractivity contribution in [2.24, 2.45) is 0 Å². The molecule has 0 aromatic carbocycles. The first-order chi connectivity index (χ1) is 9.48. The maximum atomic E-state index is 12.4. The van der Waals surface area contributed by atoms with E-state index in [1.54, 1.807) is 0 Å². The van der Waals surface area contributed by atoms with Gasteiger partial charge in [0, 0.05) is 0 Å². The lowest BCUT2D eigenvalue weighted by Gasteiger charge is -2.38. The monoisotopic (exact) mass is 298 g/mol. The fraction of sp³-hybridized carbons (Fsp3) is 0.867. The Morgan fingerprint density at radius 2 is 1.14 bits per heavy atom. The van der Waals surface area contributed by atoms with Crippen molar-refractivity contribution in [1.29, 1.82) is 0 Å². The van der Waals surface area contributed by atoms with Crippen molar-refractivity contribution in [1.82, 2.24) is 10.0 Å². The molecule has 1 aliphatic carbocycles. The van der Waals surface area contributed by atoms with Crippen LogP contribution in [0, 0.1) is 0 Å². The zero-order chi connectivity index (χ0) is 16.0. The van der Waals surface area contributed by atoms with Crippen LogP contribution in [0.2, 0.25) is 0 Å². The van der Waals surface area contributed by atoms with E-state index in [9.17, 15) is 9.59 Å². The molecular formula is C15H26N2O4. The lowest BCUT2D eigenvalue weighted by Crippen LogP contribution is -2.55. The highest BCUT2D eigenvalue weighted by molar-refractivity contribution is 5.76. The normalized spacial score (nSPS) is 25.2. The molecule has 2 amide bonds. The highest BCUT2D eigenvalue weighted by Crippen LogP contribution is 2.39. The molecule has 0 spiro atoms. The van der Waals surface area contributed by atoms with Gasteiger partial charge in [0.2, 0.25) is 0 Å². The average molecular weight is 298 g/mol. The molecule has 21 heavy (non-hydrogen) atoms. The van der Waals surface area contributed by atoms with Crippen LogP contribution in [0.5, 0.6) is 0 Å². The first-order valence-electron chi connectivity index (χ1n) is 7.52. The summed E-state index contributed by atoms with van der Waals surface area (Å²) in [6.45, 7) is 10.9. The van der Waals surface area contributed by atoms with Crippen molar-refractivity contribution in [3.8, 4) is 0 Å². The minimum atomic E-state index is -0.585. The largest absolute Gasteiger partial charge is 0.442 e. The molecule has 0 aromatic rings. The van der Waals surface area contributed by atoms with Crippen molar-refractivity contribution in [3.05, 3.63) is 0 Å². The molecule has 1 saturated heterocycles. The van der Waals surface area contributed by atoms with Crippen LogP contribution < -0.4 is 0 Å². The van der Waals surface area contributed by atoms with E-state index in [-0.39, 0.29) is 12.1 Å². The molecule has 2 atom stereocenters. The number of fused-ring (bicyclic) bond motifs is 2. The second kappa shape index (κ2) is 5.07. The minimum Gasteiger partial charge on any atom is -0.442 e. The zero-order valence-corrected chi connectivity index (χ0v) is 13.8. The van der Waals surface area contributed by atoms with Gasteiger partial charge in [-0.15, -0.1) is 0 Å². The number of rotatable bonds is 0. The van der Waals surface area contributed by atoms with E-state index in [1.807, 2.05) is 41.5 Å². The highest BCUT2D eigenvalue weighted by atomic mass is 16.6. The molecule has 6 nitrogen and oxygen atoms in total. The van der Waals surface area contributed by atoms with Crippen LogP contribution in [-0.2, 0) is 9.47 Å². The van der Waals surface area contributed by atoms with Crippen molar-refractivity contribution in [3.63, 3.8) is 0 Å². The van der Waals surface area contributed by atoms with Crippen molar-refractivity contribution in [2.75, 3.05) is 0 Å². The topological polar surface area (TPSA) is 59.1 Å².